The van der Waals surface area contributed by atoms with Gasteiger partial charge in [-0.3, -0.25) is 4.79 Å². The lowest BCUT2D eigenvalue weighted by atomic mass is 10.2. The topological polar surface area (TPSA) is 91.0 Å². The Balaban J connectivity index is 3.29. The summed E-state index contributed by atoms with van der Waals surface area (Å²) in [5.41, 5.74) is 5.29. The Morgan fingerprint density at radius 1 is 1.47 bits per heavy atom. The van der Waals surface area contributed by atoms with Crippen molar-refractivity contribution in [3.63, 3.8) is 0 Å². The molecule has 88 valence electrons. The molecule has 0 aromatic rings. The zero-order valence-electron chi connectivity index (χ0n) is 9.36. The molecular formula is C9H20N4O2. The van der Waals surface area contributed by atoms with E-state index in [4.69, 9.17) is 10.9 Å². The van der Waals surface area contributed by atoms with Gasteiger partial charge in [0.1, 0.15) is 5.84 Å². The zero-order valence-corrected chi connectivity index (χ0v) is 9.36. The predicted octanol–water partition coefficient (Wildman–Crippen LogP) is -0.419. The summed E-state index contributed by atoms with van der Waals surface area (Å²) < 4.78 is 0. The van der Waals surface area contributed by atoms with E-state index in [2.05, 4.69) is 10.5 Å². The van der Waals surface area contributed by atoms with Crippen molar-refractivity contribution in [3.8, 4) is 0 Å². The fourth-order valence-corrected chi connectivity index (χ4v) is 0.960. The van der Waals surface area contributed by atoms with Gasteiger partial charge >= 0.3 is 0 Å². The number of likely N-dealkylation sites (N-methyl/N-ethyl adjacent to an activating group) is 1. The van der Waals surface area contributed by atoms with Gasteiger partial charge in [-0.1, -0.05) is 5.16 Å². The Bertz CT molecular complexity index is 216. The molecule has 0 unspecified atom stereocenters. The molecule has 6 heteroatoms. The van der Waals surface area contributed by atoms with Crippen LogP contribution in [-0.4, -0.2) is 49.0 Å². The standard InChI is InChI=1S/C9H20N4O2/c1-13(2)9(14)7-11-6-4-3-5-8(10)12-15/h11,15H,3-7H2,1-2H3,(H2,10,12). The van der Waals surface area contributed by atoms with Crippen LogP contribution in [0, 0.1) is 0 Å². The highest BCUT2D eigenvalue weighted by molar-refractivity contribution is 5.79. The predicted molar refractivity (Wildman–Crippen MR) is 58.8 cm³/mol. The van der Waals surface area contributed by atoms with E-state index in [1.165, 1.54) is 0 Å². The number of rotatable bonds is 7. The summed E-state index contributed by atoms with van der Waals surface area (Å²) in [7, 11) is 3.45. The Hall–Kier alpha value is -1.30. The summed E-state index contributed by atoms with van der Waals surface area (Å²) in [6.45, 7) is 1.12. The van der Waals surface area contributed by atoms with Gasteiger partial charge in [0, 0.05) is 20.5 Å². The number of carbonyl (C=O) groups excluding carboxylic acids is 1. The molecule has 6 nitrogen and oxygen atoms in total. The van der Waals surface area contributed by atoms with Gasteiger partial charge in [-0.25, -0.2) is 0 Å². The van der Waals surface area contributed by atoms with E-state index in [0.29, 0.717) is 13.0 Å². The molecule has 0 atom stereocenters. The maximum absolute atomic E-state index is 11.1. The SMILES string of the molecule is CN(C)C(=O)CNCCCCC(N)=NO. The van der Waals surface area contributed by atoms with Gasteiger partial charge in [-0.05, 0) is 19.4 Å². The molecule has 4 N–H and O–H groups in total. The zero-order chi connectivity index (χ0) is 11.7. The fourth-order valence-electron chi connectivity index (χ4n) is 0.960. The Kier molecular flexibility index (Phi) is 7.35. The maximum atomic E-state index is 11.1. The number of unbranched alkanes of at least 4 members (excludes halogenated alkanes) is 1. The highest BCUT2D eigenvalue weighted by Crippen LogP contribution is 1.93. The van der Waals surface area contributed by atoms with Crippen LogP contribution < -0.4 is 11.1 Å². The van der Waals surface area contributed by atoms with Gasteiger partial charge in [0.05, 0.1) is 6.54 Å². The Labute approximate surface area is 90.1 Å². The molecule has 0 radical (unpaired) electrons. The third-order valence-electron chi connectivity index (χ3n) is 1.94. The van der Waals surface area contributed by atoms with Crippen LogP contribution in [0.25, 0.3) is 0 Å². The van der Waals surface area contributed by atoms with Gasteiger partial charge in [-0.15, -0.1) is 0 Å². The van der Waals surface area contributed by atoms with Gasteiger partial charge in [0.15, 0.2) is 0 Å². The summed E-state index contributed by atoms with van der Waals surface area (Å²) in [4.78, 5) is 12.7. The van der Waals surface area contributed by atoms with Crippen LogP contribution in [0.3, 0.4) is 0 Å². The summed E-state index contributed by atoms with van der Waals surface area (Å²) in [6, 6.07) is 0. The molecule has 0 rings (SSSR count). The Morgan fingerprint density at radius 2 is 2.13 bits per heavy atom. The molecule has 0 aliphatic heterocycles. The first-order valence-corrected chi connectivity index (χ1v) is 4.95. The van der Waals surface area contributed by atoms with Crippen LogP contribution >= 0.6 is 0 Å². The molecule has 0 aromatic heterocycles. The van der Waals surface area contributed by atoms with Crippen molar-refractivity contribution in [1.82, 2.24) is 10.2 Å². The smallest absolute Gasteiger partial charge is 0.236 e. The number of hydrogen-bond donors (Lipinski definition) is 3. The van der Waals surface area contributed by atoms with Crippen molar-refractivity contribution in [3.05, 3.63) is 0 Å². The maximum Gasteiger partial charge on any atom is 0.236 e. The first-order chi connectivity index (χ1) is 7.07. The second-order valence-electron chi connectivity index (χ2n) is 3.51. The largest absolute Gasteiger partial charge is 0.409 e. The second kappa shape index (κ2) is 8.05. The van der Waals surface area contributed by atoms with Crippen LogP contribution in [-0.2, 0) is 4.79 Å². The average Bonchev–Trinajstić information content (AvgIpc) is 2.22. The molecule has 0 saturated heterocycles. The van der Waals surface area contributed by atoms with Crippen molar-refractivity contribution in [1.29, 1.82) is 0 Å². The molecular weight excluding hydrogens is 196 g/mol. The number of oxime groups is 1. The summed E-state index contributed by atoms with van der Waals surface area (Å²) in [6.07, 6.45) is 2.33. The van der Waals surface area contributed by atoms with E-state index in [-0.39, 0.29) is 11.7 Å². The fraction of sp³-hybridized carbons (Fsp3) is 0.778. The van der Waals surface area contributed by atoms with Crippen molar-refractivity contribution in [2.45, 2.75) is 19.3 Å². The lowest BCUT2D eigenvalue weighted by molar-refractivity contribution is -0.127. The number of amidine groups is 1. The van der Waals surface area contributed by atoms with E-state index in [1.54, 1.807) is 19.0 Å². The van der Waals surface area contributed by atoms with Gasteiger partial charge in [0.25, 0.3) is 0 Å². The third-order valence-corrected chi connectivity index (χ3v) is 1.94. The van der Waals surface area contributed by atoms with Crippen LogP contribution in [0.4, 0.5) is 0 Å². The minimum Gasteiger partial charge on any atom is -0.409 e. The van der Waals surface area contributed by atoms with Crippen LogP contribution in [0.5, 0.6) is 0 Å². The molecule has 0 bridgehead atoms. The van der Waals surface area contributed by atoms with E-state index in [9.17, 15) is 4.79 Å². The quantitative estimate of drug-likeness (QED) is 0.177. The number of carbonyl (C=O) groups is 1. The average molecular weight is 216 g/mol. The lowest BCUT2D eigenvalue weighted by Crippen LogP contribution is -2.33. The molecule has 0 aliphatic carbocycles. The van der Waals surface area contributed by atoms with E-state index < -0.39 is 0 Å². The lowest BCUT2D eigenvalue weighted by Gasteiger charge is -2.10. The van der Waals surface area contributed by atoms with Crippen molar-refractivity contribution < 1.29 is 10.0 Å². The first-order valence-electron chi connectivity index (χ1n) is 4.95. The molecule has 1 amide bonds. The van der Waals surface area contributed by atoms with Gasteiger partial charge in [0.2, 0.25) is 5.91 Å². The number of amides is 1. The first kappa shape index (κ1) is 13.7. The highest BCUT2D eigenvalue weighted by Gasteiger charge is 2.01. The van der Waals surface area contributed by atoms with Crippen molar-refractivity contribution >= 4 is 11.7 Å². The number of nitrogens with one attached hydrogen (secondary N) is 1. The molecule has 0 aliphatic rings. The number of nitrogens with two attached hydrogens (primary N) is 1. The van der Waals surface area contributed by atoms with Crippen molar-refractivity contribution in [2.75, 3.05) is 27.2 Å². The molecule has 0 fully saturated rings. The normalized spacial score (nSPS) is 11.5. The van der Waals surface area contributed by atoms with Crippen LogP contribution in [0.1, 0.15) is 19.3 Å². The molecule has 0 aromatic carbocycles. The van der Waals surface area contributed by atoms with Crippen LogP contribution in [0.2, 0.25) is 0 Å². The number of nitrogens with zero attached hydrogens (tertiary/aromatic N) is 2. The van der Waals surface area contributed by atoms with Crippen LogP contribution in [0.15, 0.2) is 5.16 Å². The molecule has 15 heavy (non-hydrogen) atoms. The summed E-state index contributed by atoms with van der Waals surface area (Å²) in [5.74, 6) is 0.311. The highest BCUT2D eigenvalue weighted by atomic mass is 16.4. The summed E-state index contributed by atoms with van der Waals surface area (Å²) in [5, 5.41) is 14.2. The van der Waals surface area contributed by atoms with Gasteiger partial charge < -0.3 is 21.2 Å². The van der Waals surface area contributed by atoms with Crippen molar-refractivity contribution in [2.24, 2.45) is 10.9 Å². The molecule has 0 saturated carbocycles. The minimum absolute atomic E-state index is 0.0615. The third kappa shape index (κ3) is 7.75. The Morgan fingerprint density at radius 3 is 2.67 bits per heavy atom. The van der Waals surface area contributed by atoms with Gasteiger partial charge in [-0.2, -0.15) is 0 Å². The summed E-state index contributed by atoms with van der Waals surface area (Å²) >= 11 is 0. The molecule has 0 spiro atoms. The minimum atomic E-state index is 0.0615. The van der Waals surface area contributed by atoms with E-state index >= 15 is 0 Å². The van der Waals surface area contributed by atoms with E-state index in [0.717, 1.165) is 19.4 Å². The molecule has 0 heterocycles. The van der Waals surface area contributed by atoms with E-state index in [1.807, 2.05) is 0 Å². The second-order valence-corrected chi connectivity index (χ2v) is 3.51. The monoisotopic (exact) mass is 216 g/mol. The number of hydrogen-bond acceptors (Lipinski definition) is 4.